The summed E-state index contributed by atoms with van der Waals surface area (Å²) >= 11 is 3.52. The van der Waals surface area contributed by atoms with Gasteiger partial charge in [0.05, 0.1) is 12.2 Å². The van der Waals surface area contributed by atoms with E-state index in [-0.39, 0.29) is 6.61 Å². The van der Waals surface area contributed by atoms with E-state index in [1.54, 1.807) is 0 Å². The minimum atomic E-state index is -0.420. The van der Waals surface area contributed by atoms with Crippen molar-refractivity contribution in [2.45, 2.75) is 44.3 Å². The molecule has 2 atom stereocenters. The zero-order valence-corrected chi connectivity index (χ0v) is 13.3. The van der Waals surface area contributed by atoms with Gasteiger partial charge in [-0.3, -0.25) is 0 Å². The van der Waals surface area contributed by atoms with Crippen molar-refractivity contribution in [2.24, 2.45) is 5.92 Å². The van der Waals surface area contributed by atoms with Gasteiger partial charge < -0.3 is 15.1 Å². The first kappa shape index (κ1) is 14.4. The van der Waals surface area contributed by atoms with Crippen molar-refractivity contribution in [2.75, 3.05) is 18.0 Å². The molecule has 1 heterocycles. The average molecular weight is 340 g/mol. The summed E-state index contributed by atoms with van der Waals surface area (Å²) in [7, 11) is 0. The van der Waals surface area contributed by atoms with Gasteiger partial charge in [-0.2, -0.15) is 0 Å². The Morgan fingerprint density at radius 3 is 2.90 bits per heavy atom. The summed E-state index contributed by atoms with van der Waals surface area (Å²) in [6.07, 6.45) is 5.40. The first-order chi connectivity index (χ1) is 9.62. The van der Waals surface area contributed by atoms with Crippen LogP contribution in [0.2, 0.25) is 0 Å². The number of piperidine rings is 1. The Hall–Kier alpha value is -0.580. The van der Waals surface area contributed by atoms with Crippen molar-refractivity contribution in [3.05, 3.63) is 28.2 Å². The maximum Gasteiger partial charge on any atom is 0.0709 e. The first-order valence-electron chi connectivity index (χ1n) is 7.49. The Kier molecular flexibility index (Phi) is 4.07. The Morgan fingerprint density at radius 2 is 2.15 bits per heavy atom. The number of rotatable bonds is 2. The number of aliphatic hydroxyl groups is 2. The highest BCUT2D eigenvalue weighted by Gasteiger charge is 2.42. The van der Waals surface area contributed by atoms with Gasteiger partial charge in [-0.25, -0.2) is 0 Å². The van der Waals surface area contributed by atoms with Gasteiger partial charge in [-0.05, 0) is 37.0 Å². The molecule has 4 heteroatoms. The summed E-state index contributed by atoms with van der Waals surface area (Å²) in [5.74, 6) is 0.404. The van der Waals surface area contributed by atoms with E-state index in [0.717, 1.165) is 42.4 Å². The van der Waals surface area contributed by atoms with Crippen LogP contribution in [0.3, 0.4) is 0 Å². The fraction of sp³-hybridized carbons (Fsp3) is 0.625. The molecule has 2 unspecified atom stereocenters. The van der Waals surface area contributed by atoms with Crippen molar-refractivity contribution in [1.29, 1.82) is 0 Å². The number of nitrogens with zero attached hydrogens (tertiary/aromatic N) is 1. The third kappa shape index (κ3) is 2.61. The maximum absolute atomic E-state index is 10.7. The second kappa shape index (κ2) is 5.66. The molecule has 1 aliphatic carbocycles. The monoisotopic (exact) mass is 339 g/mol. The molecule has 0 amide bonds. The normalized spacial score (nSPS) is 30.1. The molecule has 0 bridgehead atoms. The smallest absolute Gasteiger partial charge is 0.0709 e. The van der Waals surface area contributed by atoms with Crippen molar-refractivity contribution in [1.82, 2.24) is 0 Å². The molecule has 0 aromatic heterocycles. The molecule has 3 nitrogen and oxygen atoms in total. The summed E-state index contributed by atoms with van der Waals surface area (Å²) in [6.45, 7) is 1.92. The zero-order valence-electron chi connectivity index (χ0n) is 11.7. The van der Waals surface area contributed by atoms with E-state index in [1.165, 1.54) is 18.5 Å². The Bertz CT molecular complexity index is 493. The van der Waals surface area contributed by atoms with E-state index in [0.29, 0.717) is 5.92 Å². The molecule has 0 radical (unpaired) electrons. The van der Waals surface area contributed by atoms with Gasteiger partial charge in [0.2, 0.25) is 0 Å². The molecule has 20 heavy (non-hydrogen) atoms. The van der Waals surface area contributed by atoms with Crippen LogP contribution in [0.4, 0.5) is 5.69 Å². The predicted octanol–water partition coefficient (Wildman–Crippen LogP) is 3.07. The lowest BCUT2D eigenvalue weighted by Crippen LogP contribution is -2.53. The summed E-state index contributed by atoms with van der Waals surface area (Å²) in [6, 6.07) is 6.13. The van der Waals surface area contributed by atoms with Crippen LogP contribution in [-0.2, 0) is 6.61 Å². The van der Waals surface area contributed by atoms with Crippen LogP contribution in [0.1, 0.15) is 37.7 Å². The van der Waals surface area contributed by atoms with Crippen LogP contribution in [0.25, 0.3) is 0 Å². The van der Waals surface area contributed by atoms with Gasteiger partial charge in [-0.1, -0.05) is 34.8 Å². The highest BCUT2D eigenvalue weighted by molar-refractivity contribution is 9.10. The lowest BCUT2D eigenvalue weighted by molar-refractivity contribution is -0.0612. The van der Waals surface area contributed by atoms with Gasteiger partial charge in [0, 0.05) is 29.2 Å². The van der Waals surface area contributed by atoms with E-state index in [4.69, 9.17) is 0 Å². The van der Waals surface area contributed by atoms with Gasteiger partial charge in [0.25, 0.3) is 0 Å². The molecule has 1 aliphatic heterocycles. The van der Waals surface area contributed by atoms with Crippen LogP contribution < -0.4 is 4.90 Å². The summed E-state index contributed by atoms with van der Waals surface area (Å²) < 4.78 is 0.960. The molecule has 2 fully saturated rings. The molecular weight excluding hydrogens is 318 g/mol. The van der Waals surface area contributed by atoms with Gasteiger partial charge in [0.15, 0.2) is 0 Å². The third-order valence-corrected chi connectivity index (χ3v) is 5.74. The molecule has 1 aromatic rings. The summed E-state index contributed by atoms with van der Waals surface area (Å²) in [5, 5.41) is 20.0. The minimum absolute atomic E-state index is 0.0588. The highest BCUT2D eigenvalue weighted by atomic mass is 79.9. The summed E-state index contributed by atoms with van der Waals surface area (Å²) in [5.41, 5.74) is 1.68. The molecule has 1 saturated carbocycles. The van der Waals surface area contributed by atoms with Gasteiger partial charge >= 0.3 is 0 Å². The Morgan fingerprint density at radius 1 is 1.30 bits per heavy atom. The highest BCUT2D eigenvalue weighted by Crippen LogP contribution is 2.41. The first-order valence-corrected chi connectivity index (χ1v) is 8.28. The number of hydrogen-bond acceptors (Lipinski definition) is 3. The van der Waals surface area contributed by atoms with Crippen molar-refractivity contribution in [3.8, 4) is 0 Å². The lowest BCUT2D eigenvalue weighted by atomic mass is 9.71. The molecule has 0 spiro atoms. The van der Waals surface area contributed by atoms with E-state index in [9.17, 15) is 10.2 Å². The zero-order chi connectivity index (χ0) is 14.2. The Balaban J connectivity index is 1.77. The van der Waals surface area contributed by atoms with E-state index in [2.05, 4.69) is 33.0 Å². The minimum Gasteiger partial charge on any atom is -0.392 e. The fourth-order valence-corrected chi connectivity index (χ4v) is 4.16. The van der Waals surface area contributed by atoms with Crippen molar-refractivity contribution < 1.29 is 10.2 Å². The molecule has 1 saturated heterocycles. The molecular formula is C16H22BrNO2. The largest absolute Gasteiger partial charge is 0.392 e. The molecule has 3 rings (SSSR count). The number of anilines is 1. The molecule has 110 valence electrons. The van der Waals surface area contributed by atoms with Gasteiger partial charge in [0.1, 0.15) is 0 Å². The van der Waals surface area contributed by atoms with Gasteiger partial charge in [-0.15, -0.1) is 0 Å². The van der Waals surface area contributed by atoms with Crippen LogP contribution >= 0.6 is 15.9 Å². The predicted molar refractivity (Wildman–Crippen MR) is 83.8 cm³/mol. The van der Waals surface area contributed by atoms with Crippen LogP contribution in [0, 0.1) is 5.92 Å². The average Bonchev–Trinajstić information content (AvgIpc) is 2.46. The number of hydrogen-bond donors (Lipinski definition) is 2. The number of benzene rings is 1. The molecule has 1 aromatic carbocycles. The van der Waals surface area contributed by atoms with Crippen LogP contribution in [0.5, 0.6) is 0 Å². The van der Waals surface area contributed by atoms with Crippen LogP contribution in [0.15, 0.2) is 22.7 Å². The Labute approximate surface area is 128 Å². The van der Waals surface area contributed by atoms with Crippen molar-refractivity contribution >= 4 is 21.6 Å². The topological polar surface area (TPSA) is 43.7 Å². The summed E-state index contributed by atoms with van der Waals surface area (Å²) in [4.78, 5) is 2.37. The maximum atomic E-state index is 10.7. The number of aliphatic hydroxyl groups excluding tert-OH is 1. The fourth-order valence-electron chi connectivity index (χ4n) is 3.67. The van der Waals surface area contributed by atoms with E-state index < -0.39 is 5.60 Å². The molecule has 2 N–H and O–H groups in total. The SMILES string of the molecule is OCc1ccc(N2CCC3(O)CCCCC3C2)cc1Br. The van der Waals surface area contributed by atoms with Crippen molar-refractivity contribution in [3.63, 3.8) is 0 Å². The lowest BCUT2D eigenvalue weighted by Gasteiger charge is -2.48. The second-order valence-electron chi connectivity index (χ2n) is 6.18. The standard InChI is InChI=1S/C16H22BrNO2/c17-15-9-14(5-4-12(15)11-19)18-8-7-16(20)6-2-1-3-13(16)10-18/h4-5,9,13,19-20H,1-3,6-8,10-11H2. The second-order valence-corrected chi connectivity index (χ2v) is 7.03. The third-order valence-electron chi connectivity index (χ3n) is 5.00. The van der Waals surface area contributed by atoms with E-state index >= 15 is 0 Å². The number of fused-ring (bicyclic) bond motifs is 1. The van der Waals surface area contributed by atoms with E-state index in [1.807, 2.05) is 6.07 Å². The van der Waals surface area contributed by atoms with Crippen LogP contribution in [-0.4, -0.2) is 28.9 Å². The number of halogens is 1. The quantitative estimate of drug-likeness (QED) is 0.870. The molecule has 2 aliphatic rings.